The van der Waals surface area contributed by atoms with Crippen molar-refractivity contribution < 1.29 is 13.2 Å². The number of sulfonamides is 1. The normalized spacial score (nSPS) is 10.8. The molecule has 6 nitrogen and oxygen atoms in total. The van der Waals surface area contributed by atoms with Crippen LogP contribution in [0.2, 0.25) is 0 Å². The smallest absolute Gasteiger partial charge is 0.261 e. The van der Waals surface area contributed by atoms with E-state index in [9.17, 15) is 13.2 Å². The summed E-state index contributed by atoms with van der Waals surface area (Å²) in [7, 11) is -3.71. The molecule has 0 fully saturated rings. The van der Waals surface area contributed by atoms with Crippen LogP contribution in [0.3, 0.4) is 0 Å². The van der Waals surface area contributed by atoms with Crippen molar-refractivity contribution in [1.82, 2.24) is 0 Å². The number of carbonyl (C=O) groups is 1. The molecule has 0 bridgehead atoms. The van der Waals surface area contributed by atoms with Crippen LogP contribution in [-0.2, 0) is 16.4 Å². The highest BCUT2D eigenvalue weighted by atomic mass is 32.2. The first-order chi connectivity index (χ1) is 14.4. The molecule has 3 rings (SSSR count). The van der Waals surface area contributed by atoms with E-state index in [0.717, 1.165) is 10.5 Å². The highest BCUT2D eigenvalue weighted by Crippen LogP contribution is 2.21. The molecule has 0 saturated heterocycles. The lowest BCUT2D eigenvalue weighted by molar-refractivity contribution is 0.102. The molecule has 0 aromatic heterocycles. The summed E-state index contributed by atoms with van der Waals surface area (Å²) < 4.78 is 27.5. The molecule has 0 unspecified atom stereocenters. The first-order valence-corrected chi connectivity index (χ1v) is 11.7. The Hall–Kier alpha value is -3.28. The maximum atomic E-state index is 12.5. The lowest BCUT2D eigenvalue weighted by Crippen LogP contribution is -2.14. The average Bonchev–Trinajstić information content (AvgIpc) is 2.75. The van der Waals surface area contributed by atoms with E-state index in [4.69, 9.17) is 5.26 Å². The fourth-order valence-corrected chi connectivity index (χ4v) is 4.13. The summed E-state index contributed by atoms with van der Waals surface area (Å²) in [5, 5.41) is 11.5. The van der Waals surface area contributed by atoms with Crippen LogP contribution < -0.4 is 10.0 Å². The molecule has 152 valence electrons. The number of thioether (sulfide) groups is 1. The largest absolute Gasteiger partial charge is 0.322 e. The molecule has 0 aliphatic heterocycles. The van der Waals surface area contributed by atoms with Gasteiger partial charge in [0, 0.05) is 21.8 Å². The summed E-state index contributed by atoms with van der Waals surface area (Å²) in [6, 6.07) is 21.9. The second-order valence-electron chi connectivity index (χ2n) is 6.34. The molecule has 0 aliphatic rings. The third-order valence-electron chi connectivity index (χ3n) is 4.26. The van der Waals surface area contributed by atoms with Gasteiger partial charge < -0.3 is 5.32 Å². The molecule has 0 aliphatic carbocycles. The van der Waals surface area contributed by atoms with E-state index in [1.165, 1.54) is 11.8 Å². The standard InChI is InChI=1S/C22H19N3O3S2/c1-29-20-10-12-21(13-11-20)30(27,28)25-19-8-4-17(5-9-19)22(26)24-18-6-2-16(3-7-18)14-15-23/h2-13,25H,14H2,1H3,(H,24,26). The molecular formula is C22H19N3O3S2. The molecule has 0 spiro atoms. The molecule has 3 aromatic carbocycles. The van der Waals surface area contributed by atoms with Gasteiger partial charge in [-0.2, -0.15) is 5.26 Å². The van der Waals surface area contributed by atoms with E-state index in [-0.39, 0.29) is 10.8 Å². The van der Waals surface area contributed by atoms with Crippen LogP contribution in [0.15, 0.2) is 82.6 Å². The maximum absolute atomic E-state index is 12.5. The van der Waals surface area contributed by atoms with Gasteiger partial charge in [0.15, 0.2) is 0 Å². The van der Waals surface area contributed by atoms with Crippen LogP contribution in [0, 0.1) is 11.3 Å². The SMILES string of the molecule is CSc1ccc(S(=O)(=O)Nc2ccc(C(=O)Nc3ccc(CC#N)cc3)cc2)cc1. The predicted octanol–water partition coefficient (Wildman–Crippen LogP) is 4.53. The Morgan fingerprint density at radius 2 is 1.53 bits per heavy atom. The lowest BCUT2D eigenvalue weighted by atomic mass is 10.1. The molecule has 2 N–H and O–H groups in total. The number of hydrogen-bond donors (Lipinski definition) is 2. The Morgan fingerprint density at radius 1 is 0.933 bits per heavy atom. The van der Waals surface area contributed by atoms with Crippen LogP contribution in [-0.4, -0.2) is 20.6 Å². The summed E-state index contributed by atoms with van der Waals surface area (Å²) in [5.74, 6) is -0.315. The molecule has 0 atom stereocenters. The van der Waals surface area contributed by atoms with Gasteiger partial charge in [-0.3, -0.25) is 9.52 Å². The van der Waals surface area contributed by atoms with Crippen molar-refractivity contribution >= 4 is 39.1 Å². The zero-order valence-corrected chi connectivity index (χ0v) is 17.8. The Bertz CT molecular complexity index is 1170. The third kappa shape index (κ3) is 5.41. The maximum Gasteiger partial charge on any atom is 0.261 e. The average molecular weight is 438 g/mol. The zero-order chi connectivity index (χ0) is 21.6. The molecule has 0 saturated carbocycles. The van der Waals surface area contributed by atoms with Crippen molar-refractivity contribution in [3.8, 4) is 6.07 Å². The van der Waals surface area contributed by atoms with E-state index >= 15 is 0 Å². The summed E-state index contributed by atoms with van der Waals surface area (Å²) in [5.41, 5.74) is 2.24. The van der Waals surface area contributed by atoms with Gasteiger partial charge in [0.2, 0.25) is 0 Å². The molecular weight excluding hydrogens is 418 g/mol. The zero-order valence-electron chi connectivity index (χ0n) is 16.1. The van der Waals surface area contributed by atoms with Crippen molar-refractivity contribution in [2.45, 2.75) is 16.2 Å². The van der Waals surface area contributed by atoms with E-state index in [1.54, 1.807) is 72.8 Å². The van der Waals surface area contributed by atoms with E-state index in [1.807, 2.05) is 6.26 Å². The minimum atomic E-state index is -3.71. The first kappa shape index (κ1) is 21.4. The predicted molar refractivity (Wildman–Crippen MR) is 119 cm³/mol. The number of nitriles is 1. The highest BCUT2D eigenvalue weighted by Gasteiger charge is 2.14. The molecule has 3 aromatic rings. The highest BCUT2D eigenvalue weighted by molar-refractivity contribution is 7.98. The van der Waals surface area contributed by atoms with Gasteiger partial charge in [0.05, 0.1) is 17.4 Å². The van der Waals surface area contributed by atoms with Crippen LogP contribution in [0.4, 0.5) is 11.4 Å². The molecule has 8 heteroatoms. The van der Waals surface area contributed by atoms with Crippen LogP contribution in [0.25, 0.3) is 0 Å². The van der Waals surface area contributed by atoms with Crippen molar-refractivity contribution in [2.24, 2.45) is 0 Å². The lowest BCUT2D eigenvalue weighted by Gasteiger charge is -2.10. The molecule has 1 amide bonds. The number of anilines is 2. The number of hydrogen-bond acceptors (Lipinski definition) is 5. The second-order valence-corrected chi connectivity index (χ2v) is 8.91. The summed E-state index contributed by atoms with van der Waals surface area (Å²) in [4.78, 5) is 13.5. The minimum absolute atomic E-state index is 0.168. The van der Waals surface area contributed by atoms with Gasteiger partial charge >= 0.3 is 0 Å². The summed E-state index contributed by atoms with van der Waals surface area (Å²) in [6.45, 7) is 0. The van der Waals surface area contributed by atoms with Crippen molar-refractivity contribution in [1.29, 1.82) is 5.26 Å². The Labute approximate surface area is 180 Å². The first-order valence-electron chi connectivity index (χ1n) is 8.95. The van der Waals surface area contributed by atoms with Crippen LogP contribution in [0.1, 0.15) is 15.9 Å². The number of nitrogens with zero attached hydrogens (tertiary/aromatic N) is 1. The minimum Gasteiger partial charge on any atom is -0.322 e. The van der Waals surface area contributed by atoms with E-state index in [2.05, 4.69) is 16.1 Å². The topological polar surface area (TPSA) is 99.1 Å². The Morgan fingerprint density at radius 3 is 2.10 bits per heavy atom. The van der Waals surface area contributed by atoms with Crippen molar-refractivity contribution in [2.75, 3.05) is 16.3 Å². The van der Waals surface area contributed by atoms with Crippen LogP contribution in [0.5, 0.6) is 0 Å². The Kier molecular flexibility index (Phi) is 6.77. The van der Waals surface area contributed by atoms with E-state index < -0.39 is 10.0 Å². The van der Waals surface area contributed by atoms with Crippen LogP contribution >= 0.6 is 11.8 Å². The monoisotopic (exact) mass is 437 g/mol. The molecule has 0 radical (unpaired) electrons. The van der Waals surface area contributed by atoms with Gasteiger partial charge in [0.25, 0.3) is 15.9 Å². The van der Waals surface area contributed by atoms with Gasteiger partial charge in [0.1, 0.15) is 0 Å². The fraction of sp³-hybridized carbons (Fsp3) is 0.0909. The fourth-order valence-electron chi connectivity index (χ4n) is 2.66. The van der Waals surface area contributed by atoms with E-state index in [0.29, 0.717) is 23.4 Å². The van der Waals surface area contributed by atoms with Crippen molar-refractivity contribution in [3.63, 3.8) is 0 Å². The van der Waals surface area contributed by atoms with Crippen molar-refractivity contribution in [3.05, 3.63) is 83.9 Å². The van der Waals surface area contributed by atoms with Gasteiger partial charge in [-0.15, -0.1) is 11.8 Å². The number of amides is 1. The number of rotatable bonds is 7. The molecule has 0 heterocycles. The Balaban J connectivity index is 1.66. The van der Waals surface area contributed by atoms with Gasteiger partial charge in [-0.05, 0) is 72.5 Å². The number of benzene rings is 3. The van der Waals surface area contributed by atoms with Gasteiger partial charge in [-0.25, -0.2) is 8.42 Å². The summed E-state index contributed by atoms with van der Waals surface area (Å²) >= 11 is 1.53. The molecule has 30 heavy (non-hydrogen) atoms. The van der Waals surface area contributed by atoms with Gasteiger partial charge in [-0.1, -0.05) is 12.1 Å². The summed E-state index contributed by atoms with van der Waals surface area (Å²) in [6.07, 6.45) is 2.23. The number of carbonyl (C=O) groups excluding carboxylic acids is 1. The quantitative estimate of drug-likeness (QED) is 0.529. The third-order valence-corrected chi connectivity index (χ3v) is 6.40. The number of nitrogens with one attached hydrogen (secondary N) is 2. The second kappa shape index (κ2) is 9.48.